The molecule has 1 amide bonds. The minimum atomic E-state index is -2.60. The first-order valence-corrected chi connectivity index (χ1v) is 9.44. The van der Waals surface area contributed by atoms with Crippen LogP contribution in [0.1, 0.15) is 22.1 Å². The molecule has 0 aromatic carbocycles. The fraction of sp³-hybridized carbons (Fsp3) is 0.438. The Balaban J connectivity index is 1.82. The lowest BCUT2D eigenvalue weighted by Gasteiger charge is -2.34. The minimum absolute atomic E-state index is 0.0957. The molecule has 2 unspecified atom stereocenters. The molecule has 10 heteroatoms. The van der Waals surface area contributed by atoms with Gasteiger partial charge in [0.25, 0.3) is 12.3 Å². The molecule has 2 aromatic rings. The molecule has 26 heavy (non-hydrogen) atoms. The zero-order chi connectivity index (χ0) is 18.7. The zero-order valence-electron chi connectivity index (χ0n) is 14.0. The molecule has 1 aliphatic heterocycles. The Kier molecular flexibility index (Phi) is 5.60. The molecule has 2 atom stereocenters. The Morgan fingerprint density at radius 3 is 3.00 bits per heavy atom. The molecular formula is C16H18F2N4O3S. The van der Waals surface area contributed by atoms with E-state index in [4.69, 9.17) is 4.74 Å². The highest BCUT2D eigenvalue weighted by Gasteiger charge is 2.33. The fourth-order valence-corrected chi connectivity index (χ4v) is 4.05. The largest absolute Gasteiger partial charge is 0.488 e. The first-order valence-electron chi connectivity index (χ1n) is 7.95. The maximum Gasteiger partial charge on any atom is 0.273 e. The van der Waals surface area contributed by atoms with Crippen molar-refractivity contribution in [3.8, 4) is 5.75 Å². The SMILES string of the molecule is Cn1cc(C2CS(=O)CCN2C(=O)c2cc(OCC(F)F)ccn2)cn1. The van der Waals surface area contributed by atoms with Gasteiger partial charge in [0.15, 0.2) is 0 Å². The summed E-state index contributed by atoms with van der Waals surface area (Å²) in [6.07, 6.45) is 2.16. The molecule has 3 rings (SSSR count). The molecule has 0 radical (unpaired) electrons. The number of halogens is 2. The van der Waals surface area contributed by atoms with Crippen LogP contribution in [0.15, 0.2) is 30.7 Å². The van der Waals surface area contributed by atoms with Gasteiger partial charge in [-0.3, -0.25) is 18.7 Å². The lowest BCUT2D eigenvalue weighted by molar-refractivity contribution is 0.0691. The second-order valence-corrected chi connectivity index (χ2v) is 7.47. The maximum absolute atomic E-state index is 12.9. The van der Waals surface area contributed by atoms with Crippen molar-refractivity contribution in [1.82, 2.24) is 19.7 Å². The van der Waals surface area contributed by atoms with Crippen molar-refractivity contribution in [3.63, 3.8) is 0 Å². The van der Waals surface area contributed by atoms with Crippen LogP contribution < -0.4 is 4.74 Å². The van der Waals surface area contributed by atoms with E-state index in [9.17, 15) is 17.8 Å². The molecule has 2 aromatic heterocycles. The van der Waals surface area contributed by atoms with Gasteiger partial charge >= 0.3 is 0 Å². The smallest absolute Gasteiger partial charge is 0.273 e. The van der Waals surface area contributed by atoms with Gasteiger partial charge in [-0.25, -0.2) is 8.78 Å². The second-order valence-electron chi connectivity index (χ2n) is 5.85. The van der Waals surface area contributed by atoms with E-state index in [1.165, 1.54) is 18.3 Å². The summed E-state index contributed by atoms with van der Waals surface area (Å²) < 4.78 is 43.2. The summed E-state index contributed by atoms with van der Waals surface area (Å²) in [5, 5.41) is 4.11. The molecule has 7 nitrogen and oxygen atoms in total. The average molecular weight is 384 g/mol. The maximum atomic E-state index is 12.9. The summed E-state index contributed by atoms with van der Waals surface area (Å²) in [6, 6.07) is 2.39. The molecule has 1 saturated heterocycles. The van der Waals surface area contributed by atoms with E-state index in [2.05, 4.69) is 10.1 Å². The highest BCUT2D eigenvalue weighted by molar-refractivity contribution is 7.85. The van der Waals surface area contributed by atoms with Gasteiger partial charge in [-0.2, -0.15) is 5.10 Å². The number of pyridine rings is 1. The summed E-state index contributed by atoms with van der Waals surface area (Å²) in [7, 11) is 0.737. The molecule has 1 fully saturated rings. The summed E-state index contributed by atoms with van der Waals surface area (Å²) >= 11 is 0. The van der Waals surface area contributed by atoms with E-state index in [0.29, 0.717) is 18.1 Å². The second kappa shape index (κ2) is 7.90. The normalized spacial score (nSPS) is 20.4. The molecule has 0 N–H and O–H groups in total. The van der Waals surface area contributed by atoms with Crippen LogP contribution in [-0.2, 0) is 17.8 Å². The van der Waals surface area contributed by atoms with Crippen molar-refractivity contribution in [2.24, 2.45) is 7.05 Å². The average Bonchev–Trinajstić information content (AvgIpc) is 3.06. The number of aromatic nitrogens is 3. The summed E-state index contributed by atoms with van der Waals surface area (Å²) in [5.41, 5.74) is 0.886. The van der Waals surface area contributed by atoms with Crippen LogP contribution >= 0.6 is 0 Å². The number of hydrogen-bond acceptors (Lipinski definition) is 5. The summed E-state index contributed by atoms with van der Waals surface area (Å²) in [6.45, 7) is -0.437. The van der Waals surface area contributed by atoms with E-state index in [-0.39, 0.29) is 23.4 Å². The van der Waals surface area contributed by atoms with E-state index >= 15 is 0 Å². The number of aryl methyl sites for hydroxylation is 1. The Hall–Kier alpha value is -2.36. The van der Waals surface area contributed by atoms with Crippen molar-refractivity contribution in [2.75, 3.05) is 24.7 Å². The summed E-state index contributed by atoms with van der Waals surface area (Å²) in [4.78, 5) is 18.6. The molecule has 0 aliphatic carbocycles. The highest BCUT2D eigenvalue weighted by Crippen LogP contribution is 2.27. The molecule has 1 aliphatic rings. The third-order valence-electron chi connectivity index (χ3n) is 3.98. The Bertz CT molecular complexity index is 814. The standard InChI is InChI=1S/C16H18F2N4O3S/c1-21-8-11(7-20-21)14-10-26(24)5-4-22(14)16(23)13-6-12(2-3-19-13)25-9-15(17)18/h2-3,6-8,14-15H,4-5,9-10H2,1H3. The number of nitrogens with zero attached hydrogens (tertiary/aromatic N) is 4. The van der Waals surface area contributed by atoms with Crippen molar-refractivity contribution in [2.45, 2.75) is 12.5 Å². The van der Waals surface area contributed by atoms with Crippen LogP contribution in [0.2, 0.25) is 0 Å². The van der Waals surface area contributed by atoms with Crippen molar-refractivity contribution < 1.29 is 22.5 Å². The number of alkyl halides is 2. The van der Waals surface area contributed by atoms with Gasteiger partial charge in [0.05, 0.1) is 12.2 Å². The third kappa shape index (κ3) is 4.24. The van der Waals surface area contributed by atoms with Crippen LogP contribution in [0.4, 0.5) is 8.78 Å². The Labute approximate surface area is 151 Å². The molecule has 140 valence electrons. The van der Waals surface area contributed by atoms with Crippen LogP contribution in [0.3, 0.4) is 0 Å². The van der Waals surface area contributed by atoms with Crippen LogP contribution in [0.25, 0.3) is 0 Å². The van der Waals surface area contributed by atoms with E-state index < -0.39 is 23.8 Å². The fourth-order valence-electron chi connectivity index (χ4n) is 2.76. The lowest BCUT2D eigenvalue weighted by Crippen LogP contribution is -2.44. The van der Waals surface area contributed by atoms with Crippen LogP contribution in [0, 0.1) is 0 Å². The van der Waals surface area contributed by atoms with Gasteiger partial charge in [-0.1, -0.05) is 0 Å². The zero-order valence-corrected chi connectivity index (χ0v) is 14.9. The predicted octanol–water partition coefficient (Wildman–Crippen LogP) is 1.40. The van der Waals surface area contributed by atoms with Gasteiger partial charge < -0.3 is 9.64 Å². The molecule has 0 spiro atoms. The van der Waals surface area contributed by atoms with Gasteiger partial charge in [-0.05, 0) is 6.07 Å². The number of carbonyl (C=O) groups excluding carboxylic acids is 1. The minimum Gasteiger partial charge on any atom is -0.488 e. The first-order chi connectivity index (χ1) is 12.4. The molecule has 3 heterocycles. The quantitative estimate of drug-likeness (QED) is 0.779. The number of rotatable bonds is 5. The van der Waals surface area contributed by atoms with E-state index in [1.54, 1.807) is 29.0 Å². The van der Waals surface area contributed by atoms with E-state index in [1.807, 2.05) is 0 Å². The van der Waals surface area contributed by atoms with Gasteiger partial charge in [-0.15, -0.1) is 0 Å². The van der Waals surface area contributed by atoms with E-state index in [0.717, 1.165) is 5.56 Å². The first kappa shape index (κ1) is 18.4. The van der Waals surface area contributed by atoms with Gasteiger partial charge in [0, 0.05) is 59.9 Å². The molecule has 0 saturated carbocycles. The Morgan fingerprint density at radius 1 is 1.50 bits per heavy atom. The number of ether oxygens (including phenoxy) is 1. The van der Waals surface area contributed by atoms with Gasteiger partial charge in [0.2, 0.25) is 0 Å². The van der Waals surface area contributed by atoms with Crippen LogP contribution in [-0.4, -0.2) is 60.9 Å². The van der Waals surface area contributed by atoms with Crippen molar-refractivity contribution in [3.05, 3.63) is 42.0 Å². The number of carbonyl (C=O) groups is 1. The third-order valence-corrected chi connectivity index (χ3v) is 5.30. The highest BCUT2D eigenvalue weighted by atomic mass is 32.2. The van der Waals surface area contributed by atoms with Crippen molar-refractivity contribution in [1.29, 1.82) is 0 Å². The Morgan fingerprint density at radius 2 is 2.31 bits per heavy atom. The number of hydrogen-bond donors (Lipinski definition) is 0. The monoisotopic (exact) mass is 384 g/mol. The molecular weight excluding hydrogens is 366 g/mol. The number of amides is 1. The van der Waals surface area contributed by atoms with Crippen LogP contribution in [0.5, 0.6) is 5.75 Å². The summed E-state index contributed by atoms with van der Waals surface area (Å²) in [5.74, 6) is 0.489. The van der Waals surface area contributed by atoms with Gasteiger partial charge in [0.1, 0.15) is 18.1 Å². The van der Waals surface area contributed by atoms with Crippen molar-refractivity contribution >= 4 is 16.7 Å². The molecule has 0 bridgehead atoms. The predicted molar refractivity (Wildman–Crippen MR) is 90.6 cm³/mol. The lowest BCUT2D eigenvalue weighted by atomic mass is 10.1. The topological polar surface area (TPSA) is 77.3 Å².